The SMILES string of the molecule is COC(=O)C(N)(c1c[nH]c2ccc(C)cc12)C(F)(F)F. The van der Waals surface area contributed by atoms with Gasteiger partial charge in [0.25, 0.3) is 0 Å². The highest BCUT2D eigenvalue weighted by molar-refractivity contribution is 5.93. The highest BCUT2D eigenvalue weighted by Gasteiger charge is 2.61. The Bertz CT molecular complexity index is 663. The first-order valence-electron chi connectivity index (χ1n) is 5.74. The number of nitrogens with two attached hydrogens (primary N) is 1. The molecule has 0 aliphatic heterocycles. The highest BCUT2D eigenvalue weighted by Crippen LogP contribution is 2.40. The second-order valence-electron chi connectivity index (χ2n) is 4.55. The van der Waals surface area contributed by atoms with E-state index in [0.717, 1.165) is 18.9 Å². The lowest BCUT2D eigenvalue weighted by atomic mass is 9.89. The van der Waals surface area contributed by atoms with Gasteiger partial charge in [-0.2, -0.15) is 13.2 Å². The number of H-pyrrole nitrogens is 1. The topological polar surface area (TPSA) is 68.1 Å². The van der Waals surface area contributed by atoms with E-state index < -0.39 is 17.7 Å². The van der Waals surface area contributed by atoms with E-state index in [1.165, 1.54) is 6.07 Å². The average Bonchev–Trinajstić information content (AvgIpc) is 2.78. The van der Waals surface area contributed by atoms with Gasteiger partial charge in [0.2, 0.25) is 5.54 Å². The number of alkyl halides is 3. The molecule has 108 valence electrons. The largest absolute Gasteiger partial charge is 0.467 e. The van der Waals surface area contributed by atoms with Crippen LogP contribution in [0.2, 0.25) is 0 Å². The molecule has 4 nitrogen and oxygen atoms in total. The van der Waals surface area contributed by atoms with Crippen molar-refractivity contribution in [3.05, 3.63) is 35.5 Å². The number of hydrogen-bond acceptors (Lipinski definition) is 3. The van der Waals surface area contributed by atoms with Crippen LogP contribution in [0.3, 0.4) is 0 Å². The predicted molar refractivity (Wildman–Crippen MR) is 67.0 cm³/mol. The number of carbonyl (C=O) groups excluding carboxylic acids is 1. The van der Waals surface area contributed by atoms with E-state index in [1.807, 2.05) is 0 Å². The normalized spacial score (nSPS) is 15.1. The zero-order valence-electron chi connectivity index (χ0n) is 10.8. The van der Waals surface area contributed by atoms with Gasteiger partial charge in [-0.3, -0.25) is 0 Å². The number of nitrogens with one attached hydrogen (secondary N) is 1. The van der Waals surface area contributed by atoms with Crippen LogP contribution in [-0.4, -0.2) is 24.2 Å². The Kier molecular flexibility index (Phi) is 3.25. The highest BCUT2D eigenvalue weighted by atomic mass is 19.4. The lowest BCUT2D eigenvalue weighted by Crippen LogP contribution is -2.57. The summed E-state index contributed by atoms with van der Waals surface area (Å²) in [6, 6.07) is 4.91. The van der Waals surface area contributed by atoms with Gasteiger partial charge in [0.1, 0.15) is 0 Å². The fraction of sp³-hybridized carbons (Fsp3) is 0.308. The molecule has 2 aromatic rings. The first-order chi connectivity index (χ1) is 9.21. The first kappa shape index (κ1) is 14.4. The maximum atomic E-state index is 13.3. The van der Waals surface area contributed by atoms with E-state index in [-0.39, 0.29) is 10.9 Å². The van der Waals surface area contributed by atoms with Gasteiger partial charge < -0.3 is 15.5 Å². The first-order valence-corrected chi connectivity index (χ1v) is 5.74. The van der Waals surface area contributed by atoms with Crippen molar-refractivity contribution in [2.24, 2.45) is 5.73 Å². The van der Waals surface area contributed by atoms with Crippen LogP contribution in [0, 0.1) is 6.92 Å². The molecule has 7 heteroatoms. The molecule has 2 rings (SSSR count). The molecule has 0 aliphatic carbocycles. The quantitative estimate of drug-likeness (QED) is 0.833. The number of fused-ring (bicyclic) bond motifs is 1. The van der Waals surface area contributed by atoms with Gasteiger partial charge in [-0.1, -0.05) is 11.6 Å². The van der Waals surface area contributed by atoms with E-state index in [4.69, 9.17) is 5.73 Å². The van der Waals surface area contributed by atoms with Gasteiger partial charge in [0, 0.05) is 22.7 Å². The minimum Gasteiger partial charge on any atom is -0.467 e. The van der Waals surface area contributed by atoms with E-state index in [1.54, 1.807) is 19.1 Å². The summed E-state index contributed by atoms with van der Waals surface area (Å²) in [6.45, 7) is 1.74. The fourth-order valence-electron chi connectivity index (χ4n) is 2.10. The number of aryl methyl sites for hydroxylation is 1. The van der Waals surface area contributed by atoms with E-state index >= 15 is 0 Å². The molecule has 1 unspecified atom stereocenters. The van der Waals surface area contributed by atoms with Crippen molar-refractivity contribution in [3.8, 4) is 0 Å². The number of esters is 1. The minimum atomic E-state index is -4.97. The summed E-state index contributed by atoms with van der Waals surface area (Å²) in [5, 5.41) is 0.246. The Morgan fingerprint density at radius 2 is 2.00 bits per heavy atom. The zero-order valence-corrected chi connectivity index (χ0v) is 10.8. The van der Waals surface area contributed by atoms with Crippen molar-refractivity contribution >= 4 is 16.9 Å². The van der Waals surface area contributed by atoms with Gasteiger partial charge in [-0.25, -0.2) is 4.79 Å². The Hall–Kier alpha value is -2.02. The number of halogens is 3. The van der Waals surface area contributed by atoms with Crippen molar-refractivity contribution in [2.45, 2.75) is 18.6 Å². The van der Waals surface area contributed by atoms with Crippen LogP contribution in [-0.2, 0) is 15.1 Å². The average molecular weight is 286 g/mol. The minimum absolute atomic E-state index is 0.246. The van der Waals surface area contributed by atoms with Crippen molar-refractivity contribution in [3.63, 3.8) is 0 Å². The monoisotopic (exact) mass is 286 g/mol. The lowest BCUT2D eigenvalue weighted by molar-refractivity contribution is -0.206. The van der Waals surface area contributed by atoms with Crippen LogP contribution in [0.5, 0.6) is 0 Å². The molecule has 0 saturated heterocycles. The summed E-state index contributed by atoms with van der Waals surface area (Å²) in [7, 11) is 0.871. The number of methoxy groups -OCH3 is 1. The molecule has 3 N–H and O–H groups in total. The second-order valence-corrected chi connectivity index (χ2v) is 4.55. The molecule has 0 fully saturated rings. The summed E-state index contributed by atoms with van der Waals surface area (Å²) >= 11 is 0. The lowest BCUT2D eigenvalue weighted by Gasteiger charge is -2.28. The third kappa shape index (κ3) is 1.94. The Morgan fingerprint density at radius 3 is 2.55 bits per heavy atom. The number of ether oxygens (including phenoxy) is 1. The molecule has 0 spiro atoms. The summed E-state index contributed by atoms with van der Waals surface area (Å²) in [6.07, 6.45) is -3.88. The summed E-state index contributed by atoms with van der Waals surface area (Å²) in [4.78, 5) is 14.3. The van der Waals surface area contributed by atoms with Gasteiger partial charge in [-0.15, -0.1) is 0 Å². The zero-order chi connectivity index (χ0) is 15.1. The van der Waals surface area contributed by atoms with Crippen molar-refractivity contribution in [1.29, 1.82) is 0 Å². The number of aromatic amines is 1. The van der Waals surface area contributed by atoms with Gasteiger partial charge >= 0.3 is 12.1 Å². The molecule has 1 atom stereocenters. The van der Waals surface area contributed by atoms with Crippen LogP contribution in [0.25, 0.3) is 10.9 Å². The molecule has 0 amide bonds. The number of aromatic nitrogens is 1. The van der Waals surface area contributed by atoms with Crippen LogP contribution < -0.4 is 5.73 Å². The van der Waals surface area contributed by atoms with Crippen molar-refractivity contribution < 1.29 is 22.7 Å². The Labute approximate surface area is 112 Å². The summed E-state index contributed by atoms with van der Waals surface area (Å²) in [5.41, 5.74) is 3.06. The number of hydrogen-bond donors (Lipinski definition) is 2. The Morgan fingerprint density at radius 1 is 1.35 bits per heavy atom. The fourth-order valence-corrected chi connectivity index (χ4v) is 2.10. The van der Waals surface area contributed by atoms with E-state index in [2.05, 4.69) is 9.72 Å². The molecule has 0 bridgehead atoms. The maximum Gasteiger partial charge on any atom is 0.421 e. The predicted octanol–water partition coefficient (Wildman–Crippen LogP) is 2.37. The van der Waals surface area contributed by atoms with Gasteiger partial charge in [-0.05, 0) is 19.1 Å². The summed E-state index contributed by atoms with van der Waals surface area (Å²) in [5.74, 6) is -1.55. The van der Waals surface area contributed by atoms with Crippen LogP contribution >= 0.6 is 0 Å². The number of benzene rings is 1. The van der Waals surface area contributed by atoms with Crippen LogP contribution in [0.1, 0.15) is 11.1 Å². The van der Waals surface area contributed by atoms with E-state index in [0.29, 0.717) is 5.52 Å². The third-order valence-corrected chi connectivity index (χ3v) is 3.22. The summed E-state index contributed by atoms with van der Waals surface area (Å²) < 4.78 is 44.1. The molecule has 20 heavy (non-hydrogen) atoms. The standard InChI is InChI=1S/C13H13F3N2O2/c1-7-3-4-10-8(5-7)9(6-18-10)12(17,11(19)20-2)13(14,15)16/h3-6,18H,17H2,1-2H3. The number of rotatable bonds is 2. The van der Waals surface area contributed by atoms with Crippen molar-refractivity contribution in [2.75, 3.05) is 7.11 Å². The van der Waals surface area contributed by atoms with Crippen LogP contribution in [0.4, 0.5) is 13.2 Å². The van der Waals surface area contributed by atoms with Gasteiger partial charge in [0.15, 0.2) is 0 Å². The van der Waals surface area contributed by atoms with Crippen LogP contribution in [0.15, 0.2) is 24.4 Å². The molecule has 1 aromatic carbocycles. The second kappa shape index (κ2) is 4.52. The molecule has 0 radical (unpaired) electrons. The number of carbonyl (C=O) groups is 1. The molecule has 0 aliphatic rings. The molecule has 1 aromatic heterocycles. The smallest absolute Gasteiger partial charge is 0.421 e. The molecular weight excluding hydrogens is 273 g/mol. The molecule has 1 heterocycles. The Balaban J connectivity index is 2.76. The van der Waals surface area contributed by atoms with Crippen molar-refractivity contribution in [1.82, 2.24) is 4.98 Å². The third-order valence-electron chi connectivity index (χ3n) is 3.22. The molecular formula is C13H13F3N2O2. The van der Waals surface area contributed by atoms with E-state index in [9.17, 15) is 18.0 Å². The molecule has 0 saturated carbocycles. The van der Waals surface area contributed by atoms with Gasteiger partial charge in [0.05, 0.1) is 7.11 Å². The maximum absolute atomic E-state index is 13.3.